The number of thioether (sulfide) groups is 1. The van der Waals surface area contributed by atoms with Crippen LogP contribution in [0.15, 0.2) is 70.9 Å². The van der Waals surface area contributed by atoms with Crippen LogP contribution in [0.1, 0.15) is 22.3 Å². The molecule has 9 nitrogen and oxygen atoms in total. The first-order valence-corrected chi connectivity index (χ1v) is 11.0. The average Bonchev–Trinajstić information content (AvgIpc) is 3.17. The highest BCUT2D eigenvalue weighted by atomic mass is 32.2. The van der Waals surface area contributed by atoms with Crippen LogP contribution in [-0.2, 0) is 9.59 Å². The lowest BCUT2D eigenvalue weighted by molar-refractivity contribution is -0.138. The molecule has 1 amide bonds. The fraction of sp³-hybridized carbons (Fsp3) is 0.125. The number of hydrogen-bond donors (Lipinski definition) is 2. The maximum Gasteiger partial charge on any atom is 0.344 e. The molecule has 0 saturated carbocycles. The average molecular weight is 477 g/mol. The summed E-state index contributed by atoms with van der Waals surface area (Å²) in [6, 6.07) is 17.9. The zero-order valence-corrected chi connectivity index (χ0v) is 18.7. The van der Waals surface area contributed by atoms with Crippen LogP contribution in [0.5, 0.6) is 11.5 Å². The van der Waals surface area contributed by atoms with Crippen LogP contribution < -0.4 is 14.8 Å². The van der Waals surface area contributed by atoms with Gasteiger partial charge in [-0.05, 0) is 40.6 Å². The van der Waals surface area contributed by atoms with Crippen LogP contribution in [0.2, 0.25) is 0 Å². The molecule has 4 rings (SSSR count). The number of carboxylic acid groups (broad SMARTS) is 1. The number of rotatable bonds is 7. The molecule has 1 unspecified atom stereocenters. The summed E-state index contributed by atoms with van der Waals surface area (Å²) < 4.78 is 11.0. The molecule has 3 aromatic carbocycles. The summed E-state index contributed by atoms with van der Waals surface area (Å²) in [5.41, 5.74) is 1.06. The number of fused-ring (bicyclic) bond motifs is 1. The van der Waals surface area contributed by atoms with Crippen LogP contribution >= 0.6 is 11.8 Å². The lowest BCUT2D eigenvalue weighted by Crippen LogP contribution is -2.26. The zero-order chi connectivity index (χ0) is 24.1. The molecule has 0 spiro atoms. The third-order valence-electron chi connectivity index (χ3n) is 4.89. The van der Waals surface area contributed by atoms with Crippen molar-refractivity contribution in [2.45, 2.75) is 11.7 Å². The number of aliphatic carboxylic acids is 1. The van der Waals surface area contributed by atoms with Crippen molar-refractivity contribution in [2.75, 3.05) is 7.11 Å². The molecule has 0 aromatic heterocycles. The van der Waals surface area contributed by atoms with Gasteiger partial charge < -0.3 is 19.9 Å². The van der Waals surface area contributed by atoms with Crippen LogP contribution in [0.4, 0.5) is 0 Å². The number of amidine groups is 1. The monoisotopic (exact) mass is 477 g/mol. The van der Waals surface area contributed by atoms with Gasteiger partial charge in [-0.15, -0.1) is 5.10 Å². The van der Waals surface area contributed by atoms with Crippen LogP contribution in [0.3, 0.4) is 0 Å². The number of benzene rings is 3. The number of carboxylic acids is 1. The lowest BCUT2D eigenvalue weighted by atomic mass is 10.0. The van der Waals surface area contributed by atoms with Gasteiger partial charge in [0.15, 0.2) is 16.7 Å². The molecular formula is C24H19N3O6S. The normalized spacial score (nSPS) is 16.7. The van der Waals surface area contributed by atoms with Gasteiger partial charge in [0.25, 0.3) is 0 Å². The largest absolute Gasteiger partial charge is 0.493 e. The minimum Gasteiger partial charge on any atom is -0.493 e. The fourth-order valence-electron chi connectivity index (χ4n) is 3.30. The van der Waals surface area contributed by atoms with Gasteiger partial charge in [-0.1, -0.05) is 48.2 Å². The quantitative estimate of drug-likeness (QED) is 0.231. The molecule has 3 aromatic rings. The molecule has 1 heterocycles. The molecule has 172 valence electrons. The number of ether oxygens (including phenoxy) is 2. The molecule has 2 N–H and O–H groups in total. The van der Waals surface area contributed by atoms with E-state index in [-0.39, 0.29) is 17.3 Å². The molecule has 0 radical (unpaired) electrons. The molecule has 1 fully saturated rings. The summed E-state index contributed by atoms with van der Waals surface area (Å²) in [6.07, 6.45) is 1.14. The maximum atomic E-state index is 12.8. The lowest BCUT2D eigenvalue weighted by Gasteiger charge is -2.11. The molecule has 1 atom stereocenters. The standard InChI is InChI=1S/C24H19N3O6S/c1-32-19-11-14(13-25-27-24-26-22(30)20(34-24)12-21(28)29)9-10-18(19)33-23(31)17-8-4-6-15-5-2-3-7-16(15)17/h2-11,13,20H,12H2,1H3,(H,28,29)(H,26,27,30)/b25-13+. The second-order valence-electron chi connectivity index (χ2n) is 7.17. The van der Waals surface area contributed by atoms with Gasteiger partial charge in [0, 0.05) is 0 Å². The Balaban J connectivity index is 1.47. The van der Waals surface area contributed by atoms with E-state index >= 15 is 0 Å². The summed E-state index contributed by atoms with van der Waals surface area (Å²) in [5.74, 6) is -1.41. The predicted octanol–water partition coefficient (Wildman–Crippen LogP) is 3.46. The number of amides is 1. The Labute approximate surface area is 198 Å². The predicted molar refractivity (Wildman–Crippen MR) is 129 cm³/mol. The van der Waals surface area contributed by atoms with Gasteiger partial charge in [-0.3, -0.25) is 9.59 Å². The molecular weight excluding hydrogens is 458 g/mol. The highest BCUT2D eigenvalue weighted by Crippen LogP contribution is 2.29. The van der Waals surface area contributed by atoms with E-state index in [2.05, 4.69) is 15.5 Å². The van der Waals surface area contributed by atoms with Crippen molar-refractivity contribution in [1.29, 1.82) is 0 Å². The number of esters is 1. The van der Waals surface area contributed by atoms with Crippen molar-refractivity contribution in [2.24, 2.45) is 10.2 Å². The van der Waals surface area contributed by atoms with Gasteiger partial charge in [-0.2, -0.15) is 5.10 Å². The molecule has 0 aliphatic carbocycles. The Kier molecular flexibility index (Phi) is 6.88. The Morgan fingerprint density at radius 2 is 1.91 bits per heavy atom. The van der Waals surface area contributed by atoms with E-state index in [1.165, 1.54) is 13.3 Å². The molecule has 1 aliphatic heterocycles. The van der Waals surface area contributed by atoms with Crippen molar-refractivity contribution in [3.8, 4) is 11.5 Å². The van der Waals surface area contributed by atoms with Gasteiger partial charge >= 0.3 is 11.9 Å². The number of carbonyl (C=O) groups excluding carboxylic acids is 2. The SMILES string of the molecule is COc1cc(/C=N/N=C2\NC(=O)C(CC(=O)O)S2)ccc1OC(=O)c1cccc2ccccc12. The highest BCUT2D eigenvalue weighted by molar-refractivity contribution is 8.15. The molecule has 1 saturated heterocycles. The van der Waals surface area contributed by atoms with Gasteiger partial charge in [0.05, 0.1) is 25.3 Å². The first kappa shape index (κ1) is 23.0. The van der Waals surface area contributed by atoms with Crippen LogP contribution in [0.25, 0.3) is 10.8 Å². The topological polar surface area (TPSA) is 127 Å². The summed E-state index contributed by atoms with van der Waals surface area (Å²) in [7, 11) is 1.46. The van der Waals surface area contributed by atoms with E-state index in [9.17, 15) is 14.4 Å². The van der Waals surface area contributed by atoms with Gasteiger partial charge in [0.2, 0.25) is 5.91 Å². The number of methoxy groups -OCH3 is 1. The van der Waals surface area contributed by atoms with Gasteiger partial charge in [-0.25, -0.2) is 4.79 Å². The molecule has 1 aliphatic rings. The first-order chi connectivity index (χ1) is 16.4. The minimum absolute atomic E-state index is 0.222. The second-order valence-corrected chi connectivity index (χ2v) is 8.36. The smallest absolute Gasteiger partial charge is 0.344 e. The van der Waals surface area contributed by atoms with E-state index in [0.29, 0.717) is 16.9 Å². The van der Waals surface area contributed by atoms with Crippen LogP contribution in [-0.4, -0.2) is 46.7 Å². The van der Waals surface area contributed by atoms with E-state index in [1.54, 1.807) is 30.3 Å². The number of nitrogens with one attached hydrogen (secondary N) is 1. The Bertz CT molecular complexity index is 1330. The van der Waals surface area contributed by atoms with Crippen molar-refractivity contribution in [3.63, 3.8) is 0 Å². The van der Waals surface area contributed by atoms with E-state index < -0.39 is 23.1 Å². The van der Waals surface area contributed by atoms with Crippen molar-refractivity contribution in [3.05, 3.63) is 71.8 Å². The Hall–Kier alpha value is -4.18. The van der Waals surface area contributed by atoms with E-state index in [0.717, 1.165) is 22.5 Å². The summed E-state index contributed by atoms with van der Waals surface area (Å²) in [5, 5.41) is 20.4. The molecule has 34 heavy (non-hydrogen) atoms. The van der Waals surface area contributed by atoms with E-state index in [4.69, 9.17) is 14.6 Å². The van der Waals surface area contributed by atoms with E-state index in [1.807, 2.05) is 30.3 Å². The van der Waals surface area contributed by atoms with Crippen molar-refractivity contribution in [1.82, 2.24) is 5.32 Å². The summed E-state index contributed by atoms with van der Waals surface area (Å²) in [4.78, 5) is 35.4. The second kappa shape index (κ2) is 10.2. The third-order valence-corrected chi connectivity index (χ3v) is 5.96. The molecule has 10 heteroatoms. The number of nitrogens with zero attached hydrogens (tertiary/aromatic N) is 2. The zero-order valence-electron chi connectivity index (χ0n) is 17.9. The number of hydrogen-bond acceptors (Lipinski definition) is 8. The third kappa shape index (κ3) is 5.24. The maximum absolute atomic E-state index is 12.8. The minimum atomic E-state index is -1.06. The highest BCUT2D eigenvalue weighted by Gasteiger charge is 2.32. The van der Waals surface area contributed by atoms with Crippen molar-refractivity contribution < 1.29 is 29.0 Å². The first-order valence-electron chi connectivity index (χ1n) is 10.1. The Morgan fingerprint density at radius 3 is 2.71 bits per heavy atom. The molecule has 0 bridgehead atoms. The van der Waals surface area contributed by atoms with Gasteiger partial charge in [0.1, 0.15) is 5.25 Å². The summed E-state index contributed by atoms with van der Waals surface area (Å²) >= 11 is 1.01. The number of carbonyl (C=O) groups is 3. The van der Waals surface area contributed by atoms with Crippen LogP contribution in [0, 0.1) is 0 Å². The fourth-order valence-corrected chi connectivity index (χ4v) is 4.22. The summed E-state index contributed by atoms with van der Waals surface area (Å²) in [6.45, 7) is 0. The van der Waals surface area contributed by atoms with Crippen molar-refractivity contribution >= 4 is 51.8 Å². The Morgan fingerprint density at radius 1 is 1.12 bits per heavy atom.